The normalized spacial score (nSPS) is 11.6. The lowest BCUT2D eigenvalue weighted by atomic mass is 10.3. The van der Waals surface area contributed by atoms with Gasteiger partial charge in [0.25, 0.3) is 10.0 Å². The summed E-state index contributed by atoms with van der Waals surface area (Å²) >= 11 is 4.67. The monoisotopic (exact) mass is 428 g/mol. The Labute approximate surface area is 151 Å². The largest absolute Gasteiger partial charge is 0.339 e. The Balaban J connectivity index is 1.95. The molecule has 0 saturated carbocycles. The van der Waals surface area contributed by atoms with Crippen molar-refractivity contribution in [3.05, 3.63) is 41.5 Å². The quantitative estimate of drug-likeness (QED) is 0.669. The number of sulfonamides is 1. The summed E-state index contributed by atoms with van der Waals surface area (Å²) in [5, 5.41) is 8.43. The molecule has 3 aromatic rings. The first-order valence-electron chi connectivity index (χ1n) is 6.67. The molecule has 0 fully saturated rings. The smallest absolute Gasteiger partial charge is 0.280 e. The number of rotatable bonds is 5. The number of benzene rings is 1. The van der Waals surface area contributed by atoms with Crippen molar-refractivity contribution in [3.8, 4) is 0 Å². The van der Waals surface area contributed by atoms with Crippen molar-refractivity contribution >= 4 is 43.4 Å². The van der Waals surface area contributed by atoms with E-state index in [1.165, 1.54) is 24.3 Å². The molecule has 0 aliphatic rings. The summed E-state index contributed by atoms with van der Waals surface area (Å²) in [4.78, 5) is 4.60. The van der Waals surface area contributed by atoms with Crippen molar-refractivity contribution in [1.82, 2.24) is 24.3 Å². The number of imidazole rings is 1. The van der Waals surface area contributed by atoms with Crippen LogP contribution in [0.25, 0.3) is 0 Å². The molecule has 1 N–H and O–H groups in total. The maximum absolute atomic E-state index is 12.5. The molecule has 0 spiro atoms. The van der Waals surface area contributed by atoms with Gasteiger partial charge in [-0.25, -0.2) is 4.98 Å². The zero-order chi connectivity index (χ0) is 17.3. The third-order valence-corrected chi connectivity index (χ3v) is 5.89. The van der Waals surface area contributed by atoms with Crippen molar-refractivity contribution in [2.24, 2.45) is 14.1 Å². The predicted molar refractivity (Wildman–Crippen MR) is 93.3 cm³/mol. The van der Waals surface area contributed by atoms with Gasteiger partial charge in [0.1, 0.15) is 6.33 Å². The van der Waals surface area contributed by atoms with Crippen LogP contribution in [0.5, 0.6) is 0 Å². The zero-order valence-corrected chi connectivity index (χ0v) is 15.9. The van der Waals surface area contributed by atoms with Crippen LogP contribution in [0.2, 0.25) is 0 Å². The van der Waals surface area contributed by atoms with Crippen LogP contribution in [-0.2, 0) is 24.1 Å². The van der Waals surface area contributed by atoms with Gasteiger partial charge < -0.3 is 9.13 Å². The van der Waals surface area contributed by atoms with Gasteiger partial charge in [-0.2, -0.15) is 8.42 Å². The molecule has 0 radical (unpaired) electrons. The second-order valence-electron chi connectivity index (χ2n) is 4.95. The minimum Gasteiger partial charge on any atom is -0.339 e. The number of nitrogens with zero attached hydrogens (tertiary/aromatic N) is 5. The first kappa shape index (κ1) is 17.0. The second kappa shape index (κ2) is 6.57. The van der Waals surface area contributed by atoms with E-state index in [1.807, 2.05) is 13.1 Å². The number of hydrogen-bond donors (Lipinski definition) is 1. The zero-order valence-electron chi connectivity index (χ0n) is 12.7. The van der Waals surface area contributed by atoms with Crippen LogP contribution in [-0.4, -0.2) is 32.7 Å². The highest BCUT2D eigenvalue weighted by Gasteiger charge is 2.20. The van der Waals surface area contributed by atoms with Gasteiger partial charge in [0.2, 0.25) is 0 Å². The van der Waals surface area contributed by atoms with E-state index >= 15 is 0 Å². The third kappa shape index (κ3) is 3.62. The molecule has 8 nitrogen and oxygen atoms in total. The van der Waals surface area contributed by atoms with Crippen molar-refractivity contribution in [2.75, 3.05) is 4.72 Å². The van der Waals surface area contributed by atoms with E-state index in [9.17, 15) is 8.42 Å². The van der Waals surface area contributed by atoms with Gasteiger partial charge >= 0.3 is 0 Å². The molecule has 0 amide bonds. The van der Waals surface area contributed by atoms with Crippen molar-refractivity contribution in [2.45, 2.75) is 15.1 Å². The summed E-state index contributed by atoms with van der Waals surface area (Å²) < 4.78 is 31.7. The van der Waals surface area contributed by atoms with Gasteiger partial charge in [-0.05, 0) is 30.0 Å². The minimum absolute atomic E-state index is 0.0421. The van der Waals surface area contributed by atoms with Gasteiger partial charge in [-0.3, -0.25) is 4.72 Å². The SMILES string of the molecule is Cn1cnc(S(=O)(=O)Nc2cc(Br)ccc2Sc2nncn2C)c1. The molecule has 0 unspecified atom stereocenters. The average Bonchev–Trinajstić information content (AvgIpc) is 3.11. The lowest BCUT2D eigenvalue weighted by Gasteiger charge is -2.11. The fourth-order valence-electron chi connectivity index (χ4n) is 1.86. The van der Waals surface area contributed by atoms with Crippen LogP contribution in [0.3, 0.4) is 0 Å². The number of anilines is 1. The second-order valence-corrected chi connectivity index (χ2v) is 8.50. The van der Waals surface area contributed by atoms with E-state index in [4.69, 9.17) is 0 Å². The van der Waals surface area contributed by atoms with Crippen molar-refractivity contribution < 1.29 is 8.42 Å². The van der Waals surface area contributed by atoms with Crippen LogP contribution < -0.4 is 4.72 Å². The van der Waals surface area contributed by atoms with Crippen molar-refractivity contribution in [1.29, 1.82) is 0 Å². The molecule has 0 aliphatic heterocycles. The number of aromatic nitrogens is 5. The van der Waals surface area contributed by atoms with E-state index in [0.717, 1.165) is 4.47 Å². The van der Waals surface area contributed by atoms with Gasteiger partial charge in [-0.15, -0.1) is 10.2 Å². The summed E-state index contributed by atoms with van der Waals surface area (Å²) in [6.45, 7) is 0. The van der Waals surface area contributed by atoms with Crippen molar-refractivity contribution in [3.63, 3.8) is 0 Å². The molecule has 3 rings (SSSR count). The molecule has 11 heteroatoms. The van der Waals surface area contributed by atoms with E-state index < -0.39 is 10.0 Å². The van der Waals surface area contributed by atoms with Crippen LogP contribution >= 0.6 is 27.7 Å². The predicted octanol–water partition coefficient (Wildman–Crippen LogP) is 2.26. The molecule has 126 valence electrons. The summed E-state index contributed by atoms with van der Waals surface area (Å²) in [6, 6.07) is 5.33. The molecule has 0 saturated heterocycles. The Bertz CT molecular complexity index is 982. The molecule has 1 aromatic carbocycles. The molecule has 0 aliphatic carbocycles. The highest BCUT2D eigenvalue weighted by molar-refractivity contribution is 9.10. The fourth-order valence-corrected chi connectivity index (χ4v) is 4.17. The molecule has 0 atom stereocenters. The highest BCUT2D eigenvalue weighted by atomic mass is 79.9. The maximum atomic E-state index is 12.5. The van der Waals surface area contributed by atoms with Crippen LogP contribution in [0.4, 0.5) is 5.69 Å². The number of halogens is 1. The van der Waals surface area contributed by atoms with Gasteiger partial charge in [-0.1, -0.05) is 15.9 Å². The Kier molecular flexibility index (Phi) is 4.65. The first-order chi connectivity index (χ1) is 11.3. The van der Waals surface area contributed by atoms with Crippen LogP contribution in [0.15, 0.2) is 56.6 Å². The van der Waals surface area contributed by atoms with E-state index in [0.29, 0.717) is 15.7 Å². The lowest BCUT2D eigenvalue weighted by molar-refractivity contribution is 0.598. The molecule has 24 heavy (non-hydrogen) atoms. The molecule has 2 aromatic heterocycles. The fraction of sp³-hybridized carbons (Fsp3) is 0.154. The number of nitrogens with one attached hydrogen (secondary N) is 1. The maximum Gasteiger partial charge on any atom is 0.280 e. The van der Waals surface area contributed by atoms with E-state index in [-0.39, 0.29) is 5.03 Å². The topological polar surface area (TPSA) is 94.7 Å². The summed E-state index contributed by atoms with van der Waals surface area (Å²) in [5.74, 6) is 0. The lowest BCUT2D eigenvalue weighted by Crippen LogP contribution is -2.14. The van der Waals surface area contributed by atoms with Gasteiger partial charge in [0, 0.05) is 29.7 Å². The standard InChI is InChI=1S/C13H13BrN6O2S2/c1-19-6-12(15-7-19)24(21,22)18-10-5-9(14)3-4-11(10)23-13-17-16-8-20(13)2/h3-8,18H,1-2H3. The van der Waals surface area contributed by atoms with Gasteiger partial charge in [0.15, 0.2) is 10.2 Å². The Morgan fingerprint density at radius 1 is 1.25 bits per heavy atom. The molecular weight excluding hydrogens is 416 g/mol. The van der Waals surface area contributed by atoms with E-state index in [2.05, 4.69) is 35.8 Å². The molecule has 0 bridgehead atoms. The minimum atomic E-state index is -3.78. The Morgan fingerprint density at radius 2 is 2.04 bits per heavy atom. The Hall–Kier alpha value is -1.85. The molecular formula is C13H13BrN6O2S2. The average molecular weight is 429 g/mol. The Morgan fingerprint density at radius 3 is 2.67 bits per heavy atom. The van der Waals surface area contributed by atoms with Crippen LogP contribution in [0.1, 0.15) is 0 Å². The summed E-state index contributed by atoms with van der Waals surface area (Å²) in [6.07, 6.45) is 4.46. The summed E-state index contributed by atoms with van der Waals surface area (Å²) in [5.41, 5.74) is 0.433. The first-order valence-corrected chi connectivity index (χ1v) is 9.76. The molecule has 2 heterocycles. The highest BCUT2D eigenvalue weighted by Crippen LogP contribution is 2.35. The third-order valence-electron chi connectivity index (χ3n) is 3.01. The number of aryl methyl sites for hydroxylation is 2. The van der Waals surface area contributed by atoms with E-state index in [1.54, 1.807) is 34.6 Å². The van der Waals surface area contributed by atoms with Gasteiger partial charge in [0.05, 0.1) is 12.0 Å². The number of hydrogen-bond acceptors (Lipinski definition) is 6. The summed E-state index contributed by atoms with van der Waals surface area (Å²) in [7, 11) is -0.253. The van der Waals surface area contributed by atoms with Crippen LogP contribution in [0, 0.1) is 0 Å².